The lowest BCUT2D eigenvalue weighted by molar-refractivity contribution is 0.0526. The lowest BCUT2D eigenvalue weighted by Crippen LogP contribution is -2.13. The maximum Gasteiger partial charge on any atom is 0.338 e. The largest absolute Gasteiger partial charge is 0.462 e. The summed E-state index contributed by atoms with van der Waals surface area (Å²) in [6, 6.07) is 5.24. The van der Waals surface area contributed by atoms with Gasteiger partial charge >= 0.3 is 5.97 Å². The summed E-state index contributed by atoms with van der Waals surface area (Å²) >= 11 is 0. The Morgan fingerprint density at radius 1 is 1.45 bits per heavy atom. The molecule has 0 heterocycles. The standard InChI is InChI=1S/C16H24N2O2/c1-3-20-16(19)13-6-7-14(17)15(9-13)18-10-12-5-4-11(2)8-12/h6-7,9,11-12,18H,3-5,8,10,17H2,1-2H3. The zero-order valence-corrected chi connectivity index (χ0v) is 12.3. The van der Waals surface area contributed by atoms with Crippen LogP contribution < -0.4 is 11.1 Å². The molecule has 0 spiro atoms. The Morgan fingerprint density at radius 2 is 2.25 bits per heavy atom. The van der Waals surface area contributed by atoms with Crippen LogP contribution in [0.2, 0.25) is 0 Å². The Kier molecular flexibility index (Phi) is 4.88. The number of benzene rings is 1. The first-order valence-corrected chi connectivity index (χ1v) is 7.40. The number of ether oxygens (including phenoxy) is 1. The summed E-state index contributed by atoms with van der Waals surface area (Å²) in [5.74, 6) is 1.23. The monoisotopic (exact) mass is 276 g/mol. The maximum atomic E-state index is 11.7. The van der Waals surface area contributed by atoms with Crippen LogP contribution in [0.25, 0.3) is 0 Å². The number of anilines is 2. The molecule has 0 aromatic heterocycles. The molecule has 2 atom stereocenters. The van der Waals surface area contributed by atoms with Gasteiger partial charge in [0.15, 0.2) is 0 Å². The number of carbonyl (C=O) groups excluding carboxylic acids is 1. The minimum absolute atomic E-state index is 0.301. The molecule has 20 heavy (non-hydrogen) atoms. The van der Waals surface area contributed by atoms with Gasteiger partial charge in [-0.3, -0.25) is 0 Å². The van der Waals surface area contributed by atoms with Crippen molar-refractivity contribution in [2.24, 2.45) is 11.8 Å². The maximum absolute atomic E-state index is 11.7. The average molecular weight is 276 g/mol. The third-order valence-electron chi connectivity index (χ3n) is 3.95. The Hall–Kier alpha value is -1.71. The van der Waals surface area contributed by atoms with E-state index in [9.17, 15) is 4.79 Å². The topological polar surface area (TPSA) is 64.3 Å². The zero-order valence-electron chi connectivity index (χ0n) is 12.3. The summed E-state index contributed by atoms with van der Waals surface area (Å²) in [6.07, 6.45) is 3.85. The molecule has 2 rings (SSSR count). The van der Waals surface area contributed by atoms with E-state index >= 15 is 0 Å². The summed E-state index contributed by atoms with van der Waals surface area (Å²) in [5, 5.41) is 3.38. The summed E-state index contributed by atoms with van der Waals surface area (Å²) in [4.78, 5) is 11.7. The van der Waals surface area contributed by atoms with Crippen LogP contribution in [0.1, 0.15) is 43.5 Å². The number of esters is 1. The van der Waals surface area contributed by atoms with Crippen molar-refractivity contribution in [3.8, 4) is 0 Å². The molecule has 3 N–H and O–H groups in total. The highest BCUT2D eigenvalue weighted by atomic mass is 16.5. The number of nitrogen functional groups attached to an aromatic ring is 1. The lowest BCUT2D eigenvalue weighted by Gasteiger charge is -2.15. The molecule has 1 aliphatic rings. The average Bonchev–Trinajstić information content (AvgIpc) is 2.84. The van der Waals surface area contributed by atoms with E-state index < -0.39 is 0 Å². The van der Waals surface area contributed by atoms with Gasteiger partial charge in [-0.05, 0) is 49.8 Å². The molecule has 1 saturated carbocycles. The van der Waals surface area contributed by atoms with Gasteiger partial charge in [0.2, 0.25) is 0 Å². The van der Waals surface area contributed by atoms with E-state index in [1.165, 1.54) is 19.3 Å². The number of carbonyl (C=O) groups is 1. The first-order valence-electron chi connectivity index (χ1n) is 7.40. The molecule has 0 radical (unpaired) electrons. The van der Waals surface area contributed by atoms with E-state index in [1.807, 2.05) is 0 Å². The van der Waals surface area contributed by atoms with Crippen molar-refractivity contribution >= 4 is 17.3 Å². The predicted molar refractivity (Wildman–Crippen MR) is 81.8 cm³/mol. The SMILES string of the molecule is CCOC(=O)c1ccc(N)c(NCC2CCC(C)C2)c1. The molecule has 2 unspecified atom stereocenters. The van der Waals surface area contributed by atoms with Gasteiger partial charge in [0, 0.05) is 6.54 Å². The molecular weight excluding hydrogens is 252 g/mol. The van der Waals surface area contributed by atoms with E-state index in [-0.39, 0.29) is 5.97 Å². The van der Waals surface area contributed by atoms with Gasteiger partial charge in [-0.25, -0.2) is 4.79 Å². The van der Waals surface area contributed by atoms with Gasteiger partial charge in [0.25, 0.3) is 0 Å². The number of rotatable bonds is 5. The van der Waals surface area contributed by atoms with E-state index in [4.69, 9.17) is 10.5 Å². The molecule has 0 aliphatic heterocycles. The smallest absolute Gasteiger partial charge is 0.338 e. The van der Waals surface area contributed by atoms with Crippen molar-refractivity contribution in [3.05, 3.63) is 23.8 Å². The van der Waals surface area contributed by atoms with E-state index in [0.717, 1.165) is 18.2 Å². The first kappa shape index (κ1) is 14.7. The van der Waals surface area contributed by atoms with Crippen LogP contribution in [-0.4, -0.2) is 19.1 Å². The van der Waals surface area contributed by atoms with Crippen LogP contribution in [-0.2, 0) is 4.74 Å². The molecule has 1 aliphatic carbocycles. The summed E-state index contributed by atoms with van der Waals surface area (Å²) in [5.41, 5.74) is 8.01. The number of nitrogens with one attached hydrogen (secondary N) is 1. The van der Waals surface area contributed by atoms with Crippen molar-refractivity contribution in [1.82, 2.24) is 0 Å². The molecule has 0 saturated heterocycles. The lowest BCUT2D eigenvalue weighted by atomic mass is 10.1. The predicted octanol–water partition coefficient (Wildman–Crippen LogP) is 3.29. The second-order valence-electron chi connectivity index (χ2n) is 5.69. The van der Waals surface area contributed by atoms with Gasteiger partial charge in [0.05, 0.1) is 23.5 Å². The molecule has 0 bridgehead atoms. The second kappa shape index (κ2) is 6.64. The van der Waals surface area contributed by atoms with Crippen LogP contribution in [0.3, 0.4) is 0 Å². The molecule has 4 heteroatoms. The fraction of sp³-hybridized carbons (Fsp3) is 0.562. The number of hydrogen-bond acceptors (Lipinski definition) is 4. The Labute approximate surface area is 120 Å². The van der Waals surface area contributed by atoms with Gasteiger partial charge in [-0.2, -0.15) is 0 Å². The molecule has 0 amide bonds. The molecule has 1 aromatic rings. The summed E-state index contributed by atoms with van der Waals surface area (Å²) in [6.45, 7) is 5.40. The van der Waals surface area contributed by atoms with Crippen LogP contribution in [0.4, 0.5) is 11.4 Å². The quantitative estimate of drug-likeness (QED) is 0.640. The highest BCUT2D eigenvalue weighted by Gasteiger charge is 2.21. The normalized spacial score (nSPS) is 21.7. The van der Waals surface area contributed by atoms with Gasteiger partial charge in [-0.1, -0.05) is 13.3 Å². The third kappa shape index (κ3) is 3.65. The second-order valence-corrected chi connectivity index (χ2v) is 5.69. The number of hydrogen-bond donors (Lipinski definition) is 2. The number of nitrogens with two attached hydrogens (primary N) is 1. The van der Waals surface area contributed by atoms with Crippen LogP contribution in [0, 0.1) is 11.8 Å². The highest BCUT2D eigenvalue weighted by molar-refractivity contribution is 5.92. The van der Waals surface area contributed by atoms with E-state index in [0.29, 0.717) is 23.8 Å². The third-order valence-corrected chi connectivity index (χ3v) is 3.95. The van der Waals surface area contributed by atoms with Crippen molar-refractivity contribution in [2.75, 3.05) is 24.2 Å². The minimum atomic E-state index is -0.301. The van der Waals surface area contributed by atoms with Gasteiger partial charge in [0.1, 0.15) is 0 Å². The summed E-state index contributed by atoms with van der Waals surface area (Å²) in [7, 11) is 0. The van der Waals surface area contributed by atoms with Crippen LogP contribution in [0.15, 0.2) is 18.2 Å². The fourth-order valence-electron chi connectivity index (χ4n) is 2.82. The Bertz CT molecular complexity index is 474. The summed E-state index contributed by atoms with van der Waals surface area (Å²) < 4.78 is 5.01. The van der Waals surface area contributed by atoms with E-state index in [2.05, 4.69) is 12.2 Å². The van der Waals surface area contributed by atoms with Gasteiger partial charge < -0.3 is 15.8 Å². The van der Waals surface area contributed by atoms with Gasteiger partial charge in [-0.15, -0.1) is 0 Å². The molecule has 1 aromatic carbocycles. The zero-order chi connectivity index (χ0) is 14.5. The highest BCUT2D eigenvalue weighted by Crippen LogP contribution is 2.31. The van der Waals surface area contributed by atoms with Crippen molar-refractivity contribution in [3.63, 3.8) is 0 Å². The molecule has 1 fully saturated rings. The Balaban J connectivity index is 1.99. The molecule has 4 nitrogen and oxygen atoms in total. The first-order chi connectivity index (χ1) is 9.60. The molecular formula is C16H24N2O2. The fourth-order valence-corrected chi connectivity index (χ4v) is 2.82. The van der Waals surface area contributed by atoms with Crippen molar-refractivity contribution in [1.29, 1.82) is 0 Å². The molecule has 110 valence electrons. The van der Waals surface area contributed by atoms with Crippen molar-refractivity contribution < 1.29 is 9.53 Å². The van der Waals surface area contributed by atoms with E-state index in [1.54, 1.807) is 25.1 Å². The minimum Gasteiger partial charge on any atom is -0.462 e. The van der Waals surface area contributed by atoms with Crippen LogP contribution >= 0.6 is 0 Å². The van der Waals surface area contributed by atoms with Crippen LogP contribution in [0.5, 0.6) is 0 Å². The Morgan fingerprint density at radius 3 is 2.90 bits per heavy atom. The van der Waals surface area contributed by atoms with Crippen molar-refractivity contribution in [2.45, 2.75) is 33.1 Å².